The number of phenols is 1. The lowest BCUT2D eigenvalue weighted by atomic mass is 10.0. The fourth-order valence-corrected chi connectivity index (χ4v) is 1.79. The molecule has 1 aromatic rings. The van der Waals surface area contributed by atoms with Crippen LogP contribution < -0.4 is 5.32 Å². The highest BCUT2D eigenvalue weighted by molar-refractivity contribution is 5.71. The summed E-state index contributed by atoms with van der Waals surface area (Å²) >= 11 is 0. The van der Waals surface area contributed by atoms with Crippen molar-refractivity contribution < 1.29 is 14.6 Å². The van der Waals surface area contributed by atoms with Gasteiger partial charge in [-0.05, 0) is 30.5 Å². The van der Waals surface area contributed by atoms with Crippen LogP contribution >= 0.6 is 0 Å². The number of ether oxygens (including phenoxy) is 1. The molecule has 2 N–H and O–H groups in total. The van der Waals surface area contributed by atoms with Gasteiger partial charge in [0.2, 0.25) is 0 Å². The second-order valence-electron chi connectivity index (χ2n) is 4.06. The van der Waals surface area contributed by atoms with E-state index in [0.717, 1.165) is 18.4 Å². The third-order valence-corrected chi connectivity index (χ3v) is 2.97. The Hall–Kier alpha value is -1.55. The summed E-state index contributed by atoms with van der Waals surface area (Å²) in [6.45, 7) is 0.220. The minimum atomic E-state index is -0.259. The minimum Gasteiger partial charge on any atom is -0.508 e. The number of nitrogens with one attached hydrogen (secondary N) is 1. The summed E-state index contributed by atoms with van der Waals surface area (Å²) in [6, 6.07) is 7.09. The zero-order valence-electron chi connectivity index (χ0n) is 9.19. The molecule has 1 saturated carbocycles. The molecule has 0 bridgehead atoms. The Morgan fingerprint density at radius 3 is 2.56 bits per heavy atom. The van der Waals surface area contributed by atoms with Crippen molar-refractivity contribution in [1.82, 2.24) is 5.32 Å². The molecule has 1 aromatic carbocycles. The van der Waals surface area contributed by atoms with Crippen molar-refractivity contribution in [3.05, 3.63) is 29.8 Å². The molecule has 16 heavy (non-hydrogen) atoms. The van der Waals surface area contributed by atoms with E-state index in [4.69, 9.17) is 0 Å². The van der Waals surface area contributed by atoms with E-state index in [9.17, 15) is 9.90 Å². The first-order valence-electron chi connectivity index (χ1n) is 5.28. The number of methoxy groups -OCH3 is 1. The molecule has 1 aliphatic carbocycles. The fourth-order valence-electron chi connectivity index (χ4n) is 1.79. The van der Waals surface area contributed by atoms with Gasteiger partial charge in [0.1, 0.15) is 5.75 Å². The van der Waals surface area contributed by atoms with Gasteiger partial charge in [0.25, 0.3) is 0 Å². The van der Waals surface area contributed by atoms with Crippen molar-refractivity contribution in [2.45, 2.75) is 18.4 Å². The van der Waals surface area contributed by atoms with Crippen LogP contribution in [0.1, 0.15) is 18.4 Å². The Labute approximate surface area is 94.2 Å². The molecular formula is C12H15NO3. The fraction of sp³-hybridized carbons (Fsp3) is 0.417. The zero-order chi connectivity index (χ0) is 11.6. The van der Waals surface area contributed by atoms with Crippen molar-refractivity contribution in [3.8, 4) is 5.75 Å². The Bertz CT molecular complexity index is 382. The topological polar surface area (TPSA) is 58.6 Å². The molecule has 0 saturated heterocycles. The van der Waals surface area contributed by atoms with E-state index in [1.807, 2.05) is 12.1 Å². The van der Waals surface area contributed by atoms with Crippen LogP contribution in [0.3, 0.4) is 0 Å². The maximum absolute atomic E-state index is 11.0. The largest absolute Gasteiger partial charge is 0.508 e. The number of hydrogen-bond acceptors (Lipinski definition) is 4. The first-order chi connectivity index (χ1) is 7.66. The molecular weight excluding hydrogens is 206 g/mol. The Balaban J connectivity index is 2.02. The summed E-state index contributed by atoms with van der Waals surface area (Å²) in [5.41, 5.74) is 1.01. The van der Waals surface area contributed by atoms with E-state index in [1.54, 1.807) is 12.1 Å². The molecule has 1 aliphatic rings. The normalized spacial score (nSPS) is 16.8. The Morgan fingerprint density at radius 1 is 1.44 bits per heavy atom. The van der Waals surface area contributed by atoms with E-state index in [2.05, 4.69) is 10.1 Å². The van der Waals surface area contributed by atoms with Crippen LogP contribution in [0.4, 0.5) is 0 Å². The molecule has 4 heteroatoms. The number of benzene rings is 1. The summed E-state index contributed by atoms with van der Waals surface area (Å²) in [7, 11) is 1.38. The van der Waals surface area contributed by atoms with E-state index in [1.165, 1.54) is 7.11 Å². The van der Waals surface area contributed by atoms with Crippen molar-refractivity contribution in [1.29, 1.82) is 0 Å². The first-order valence-corrected chi connectivity index (χ1v) is 5.28. The second kappa shape index (κ2) is 4.14. The van der Waals surface area contributed by atoms with Crippen LogP contribution in [0.2, 0.25) is 0 Å². The van der Waals surface area contributed by atoms with Crippen molar-refractivity contribution in [2.24, 2.45) is 0 Å². The molecule has 0 spiro atoms. The molecule has 0 heterocycles. The monoisotopic (exact) mass is 221 g/mol. The number of hydrogen-bond donors (Lipinski definition) is 2. The maximum atomic E-state index is 11.0. The smallest absolute Gasteiger partial charge is 0.319 e. The van der Waals surface area contributed by atoms with Gasteiger partial charge in [0.05, 0.1) is 13.7 Å². The number of carbonyl (C=O) groups is 1. The number of carbonyl (C=O) groups excluding carboxylic acids is 1. The summed E-state index contributed by atoms with van der Waals surface area (Å²) in [5, 5.41) is 12.4. The van der Waals surface area contributed by atoms with Gasteiger partial charge < -0.3 is 9.84 Å². The van der Waals surface area contributed by atoms with Crippen molar-refractivity contribution >= 4 is 5.97 Å². The minimum absolute atomic E-state index is 0.0953. The predicted molar refractivity (Wildman–Crippen MR) is 59.0 cm³/mol. The first kappa shape index (κ1) is 11.0. The van der Waals surface area contributed by atoms with E-state index >= 15 is 0 Å². The van der Waals surface area contributed by atoms with Crippen LogP contribution in [-0.2, 0) is 15.1 Å². The molecule has 4 nitrogen and oxygen atoms in total. The average molecular weight is 221 g/mol. The number of aromatic hydroxyl groups is 1. The van der Waals surface area contributed by atoms with Gasteiger partial charge in [-0.15, -0.1) is 0 Å². The quantitative estimate of drug-likeness (QED) is 0.749. The van der Waals surface area contributed by atoms with Gasteiger partial charge in [0.15, 0.2) is 0 Å². The van der Waals surface area contributed by atoms with Crippen LogP contribution in [0.25, 0.3) is 0 Å². The van der Waals surface area contributed by atoms with Crippen molar-refractivity contribution in [3.63, 3.8) is 0 Å². The molecule has 0 radical (unpaired) electrons. The lowest BCUT2D eigenvalue weighted by Crippen LogP contribution is -2.34. The van der Waals surface area contributed by atoms with Gasteiger partial charge in [-0.25, -0.2) is 0 Å². The SMILES string of the molecule is COC(=O)CNC1(c2ccc(O)cc2)CC1. The van der Waals surface area contributed by atoms with E-state index in [0.29, 0.717) is 0 Å². The van der Waals surface area contributed by atoms with E-state index in [-0.39, 0.29) is 23.8 Å². The lowest BCUT2D eigenvalue weighted by Gasteiger charge is -2.17. The molecule has 0 aliphatic heterocycles. The predicted octanol–water partition coefficient (Wildman–Crippen LogP) is 1.14. The van der Waals surface area contributed by atoms with Crippen LogP contribution in [0.5, 0.6) is 5.75 Å². The lowest BCUT2D eigenvalue weighted by molar-refractivity contribution is -0.139. The van der Waals surface area contributed by atoms with Gasteiger partial charge in [-0.2, -0.15) is 0 Å². The van der Waals surface area contributed by atoms with Crippen molar-refractivity contribution in [2.75, 3.05) is 13.7 Å². The van der Waals surface area contributed by atoms with Crippen LogP contribution in [-0.4, -0.2) is 24.7 Å². The molecule has 1 fully saturated rings. The Morgan fingerprint density at radius 2 is 2.06 bits per heavy atom. The van der Waals surface area contributed by atoms with Gasteiger partial charge >= 0.3 is 5.97 Å². The summed E-state index contributed by atoms with van der Waals surface area (Å²) in [4.78, 5) is 11.0. The van der Waals surface area contributed by atoms with Gasteiger partial charge in [-0.3, -0.25) is 10.1 Å². The summed E-state index contributed by atoms with van der Waals surface area (Å²) < 4.78 is 4.59. The van der Waals surface area contributed by atoms with Gasteiger partial charge in [-0.1, -0.05) is 12.1 Å². The van der Waals surface area contributed by atoms with Crippen LogP contribution in [0.15, 0.2) is 24.3 Å². The molecule has 0 unspecified atom stereocenters. The van der Waals surface area contributed by atoms with Gasteiger partial charge in [0, 0.05) is 5.54 Å². The molecule has 0 amide bonds. The second-order valence-corrected chi connectivity index (χ2v) is 4.06. The number of phenolic OH excluding ortho intramolecular Hbond substituents is 1. The molecule has 86 valence electrons. The number of rotatable bonds is 4. The third-order valence-electron chi connectivity index (χ3n) is 2.97. The van der Waals surface area contributed by atoms with Crippen LogP contribution in [0, 0.1) is 0 Å². The summed E-state index contributed by atoms with van der Waals surface area (Å²) in [5.74, 6) is -0.00225. The highest BCUT2D eigenvalue weighted by Gasteiger charge is 2.44. The highest BCUT2D eigenvalue weighted by Crippen LogP contribution is 2.45. The summed E-state index contributed by atoms with van der Waals surface area (Å²) in [6.07, 6.45) is 2.02. The highest BCUT2D eigenvalue weighted by atomic mass is 16.5. The number of esters is 1. The maximum Gasteiger partial charge on any atom is 0.319 e. The molecule has 0 aromatic heterocycles. The third kappa shape index (κ3) is 2.17. The molecule has 2 rings (SSSR count). The Kier molecular flexibility index (Phi) is 2.83. The standard InChI is InChI=1S/C12H15NO3/c1-16-11(15)8-13-12(6-7-12)9-2-4-10(14)5-3-9/h2-5,13-14H,6-8H2,1H3. The molecule has 0 atom stereocenters. The zero-order valence-corrected chi connectivity index (χ0v) is 9.19. The average Bonchev–Trinajstić information content (AvgIpc) is 3.08. The van der Waals surface area contributed by atoms with E-state index < -0.39 is 0 Å².